The molecule has 10 N–H and O–H groups in total. The number of esters is 4. The zero-order chi connectivity index (χ0) is 78.0. The molecule has 0 aromatic heterocycles. The van der Waals surface area contributed by atoms with Gasteiger partial charge in [-0.05, 0) is 11.1 Å². The van der Waals surface area contributed by atoms with E-state index in [9.17, 15) is 87.5 Å². The summed E-state index contributed by atoms with van der Waals surface area (Å²) in [6.07, 6.45) is 0. The first kappa shape index (κ1) is 94.5. The van der Waals surface area contributed by atoms with Gasteiger partial charge in [0.15, 0.2) is 0 Å². The molecular weight excluding hydrogens is 1390 g/mol. The van der Waals surface area contributed by atoms with Gasteiger partial charge < -0.3 is 89.4 Å². The van der Waals surface area contributed by atoms with Crippen molar-refractivity contribution in [2.45, 2.75) is 13.1 Å². The second kappa shape index (κ2) is 59.0. The summed E-state index contributed by atoms with van der Waals surface area (Å²) in [6.45, 7) is -3.20. The molecule has 0 saturated heterocycles. The first-order valence-corrected chi connectivity index (χ1v) is 32.2. The van der Waals surface area contributed by atoms with Gasteiger partial charge in [-0.1, -0.05) is 60.7 Å². The number of carbonyl (C=O) groups is 14. The number of carboxylic acids is 8. The van der Waals surface area contributed by atoms with Crippen molar-refractivity contribution in [2.24, 2.45) is 0 Å². The van der Waals surface area contributed by atoms with Gasteiger partial charge in [0, 0.05) is 107 Å². The van der Waals surface area contributed by atoms with E-state index in [2.05, 4.69) is 10.6 Å². The van der Waals surface area contributed by atoms with Crippen molar-refractivity contribution in [1.29, 1.82) is 0 Å². The Morgan fingerprint density at radius 1 is 0.260 bits per heavy atom. The largest absolute Gasteiger partial charge is 0.480 e. The number of rotatable bonds is 59. The molecular formula is C64H100N10O30. The van der Waals surface area contributed by atoms with E-state index in [1.165, 1.54) is 67.6 Å². The van der Waals surface area contributed by atoms with Crippen molar-refractivity contribution in [2.75, 3.05) is 238 Å². The molecule has 586 valence electrons. The summed E-state index contributed by atoms with van der Waals surface area (Å²) in [5.41, 5.74) is 1.82. The first-order chi connectivity index (χ1) is 49.4. The van der Waals surface area contributed by atoms with Gasteiger partial charge in [-0.15, -0.1) is 0 Å². The second-order valence-electron chi connectivity index (χ2n) is 22.3. The van der Waals surface area contributed by atoms with Crippen molar-refractivity contribution in [1.82, 2.24) is 49.8 Å². The van der Waals surface area contributed by atoms with E-state index in [1.54, 1.807) is 0 Å². The smallest absolute Gasteiger partial charge is 0.320 e. The van der Waals surface area contributed by atoms with Gasteiger partial charge in [0.2, 0.25) is 11.8 Å². The monoisotopic (exact) mass is 1490 g/mol. The molecule has 0 aliphatic heterocycles. The molecule has 0 bridgehead atoms. The van der Waals surface area contributed by atoms with Gasteiger partial charge >= 0.3 is 71.6 Å². The summed E-state index contributed by atoms with van der Waals surface area (Å²) < 4.78 is 38.8. The Kier molecular flexibility index (Phi) is 53.6. The summed E-state index contributed by atoms with van der Waals surface area (Å²) in [6, 6.07) is 18.6. The van der Waals surface area contributed by atoms with Crippen LogP contribution in [0.3, 0.4) is 0 Å². The molecule has 0 fully saturated rings. The standard InChI is InChI=1S/C24H30N4O6.2C20H35N3O12/c29-21(25-13-19-7-3-1-4-8-19)15-27(17-23(31)32)11-12-28(18-24(33)34)16-22(30)26-14-20-9-5-2-6-10-20;2*1-32-7-9-34-19(30)14-22(12-17(26)27)5-3-21(11-16(24)25)4-6-23(13-18(28)29)15-20(31)35-10-8-33-2/h1-10H,11-18H2,(H,25,29)(H,26,30)(H,31,32)(H,33,34);2*3-15H2,1-2H3,(H,24,25)(H,26,27)(H,28,29). The topological polar surface area (TPSA) is 525 Å². The molecule has 2 aromatic rings. The Labute approximate surface area is 600 Å². The molecule has 0 saturated carbocycles. The van der Waals surface area contributed by atoms with Crippen LogP contribution in [0.1, 0.15) is 11.1 Å². The third-order valence-electron chi connectivity index (χ3n) is 13.5. The number of benzene rings is 2. The van der Waals surface area contributed by atoms with Crippen molar-refractivity contribution in [3.63, 3.8) is 0 Å². The van der Waals surface area contributed by atoms with Gasteiger partial charge in [-0.3, -0.25) is 106 Å². The molecule has 0 unspecified atom stereocenters. The predicted molar refractivity (Wildman–Crippen MR) is 361 cm³/mol. The fraction of sp³-hybridized carbons (Fsp3) is 0.594. The number of methoxy groups -OCH3 is 4. The fourth-order valence-corrected chi connectivity index (χ4v) is 8.75. The maximum Gasteiger partial charge on any atom is 0.320 e. The van der Waals surface area contributed by atoms with Crippen LogP contribution in [-0.2, 0) is 118 Å². The molecule has 0 radical (unpaired) electrons. The molecule has 40 heteroatoms. The normalized spacial score (nSPS) is 11.0. The minimum atomic E-state index is -1.18. The Morgan fingerprint density at radius 3 is 0.635 bits per heavy atom. The maximum absolute atomic E-state index is 12.3. The van der Waals surface area contributed by atoms with Crippen molar-refractivity contribution in [3.8, 4) is 0 Å². The Bertz CT molecular complexity index is 2600. The quantitative estimate of drug-likeness (QED) is 0.0169. The number of amides is 2. The molecule has 40 nitrogen and oxygen atoms in total. The van der Waals surface area contributed by atoms with Gasteiger partial charge in [-0.2, -0.15) is 0 Å². The van der Waals surface area contributed by atoms with E-state index in [4.69, 9.17) is 58.3 Å². The lowest BCUT2D eigenvalue weighted by atomic mass is 10.2. The zero-order valence-electron chi connectivity index (χ0n) is 59.0. The lowest BCUT2D eigenvalue weighted by molar-refractivity contribution is -0.149. The van der Waals surface area contributed by atoms with E-state index in [0.29, 0.717) is 13.1 Å². The highest BCUT2D eigenvalue weighted by Gasteiger charge is 2.24. The Hall–Kier alpha value is -9.46. The molecule has 0 aliphatic rings. The number of carbonyl (C=O) groups excluding carboxylic acids is 6. The SMILES string of the molecule is COCCOC(=O)CN(CCN(CCN(CC(=O)O)CC(=O)OCCOC)CC(=O)O)CC(=O)O.COCCOC(=O)CN(CCN(CCN(CC(=O)O)CC(=O)OCCOC)CC(=O)O)CC(=O)O.O=C(O)CN(CCN(CC(=O)O)CC(=O)NCc1ccccc1)CC(=O)NCc1ccccc1. The van der Waals surface area contributed by atoms with Crippen LogP contribution in [0.4, 0.5) is 0 Å². The van der Waals surface area contributed by atoms with Crippen LogP contribution in [0.5, 0.6) is 0 Å². The van der Waals surface area contributed by atoms with Crippen molar-refractivity contribution in [3.05, 3.63) is 71.8 Å². The maximum atomic E-state index is 12.3. The number of ether oxygens (including phenoxy) is 8. The van der Waals surface area contributed by atoms with E-state index in [0.717, 1.165) is 11.1 Å². The number of nitrogens with zero attached hydrogens (tertiary/aromatic N) is 8. The summed E-state index contributed by atoms with van der Waals surface area (Å²) in [4.78, 5) is 173. The number of hydrogen-bond acceptors (Lipinski definition) is 30. The number of aliphatic carboxylic acids is 8. The van der Waals surface area contributed by atoms with Crippen LogP contribution in [0, 0.1) is 0 Å². The van der Waals surface area contributed by atoms with Crippen molar-refractivity contribution < 1.29 is 146 Å². The zero-order valence-corrected chi connectivity index (χ0v) is 59.0. The van der Waals surface area contributed by atoms with Gasteiger partial charge in [0.25, 0.3) is 0 Å². The van der Waals surface area contributed by atoms with Crippen LogP contribution >= 0.6 is 0 Å². The molecule has 2 rings (SSSR count). The third-order valence-corrected chi connectivity index (χ3v) is 13.5. The molecule has 0 heterocycles. The van der Waals surface area contributed by atoms with E-state index in [1.807, 2.05) is 60.7 Å². The molecule has 104 heavy (non-hydrogen) atoms. The highest BCUT2D eigenvalue weighted by Crippen LogP contribution is 2.04. The van der Waals surface area contributed by atoms with Gasteiger partial charge in [-0.25, -0.2) is 0 Å². The molecule has 0 spiro atoms. The second-order valence-corrected chi connectivity index (χ2v) is 22.3. The predicted octanol–water partition coefficient (Wildman–Crippen LogP) is -4.56. The summed E-state index contributed by atoms with van der Waals surface area (Å²) in [5, 5.41) is 78.7. The van der Waals surface area contributed by atoms with Gasteiger partial charge in [0.1, 0.15) is 26.4 Å². The van der Waals surface area contributed by atoms with Gasteiger partial charge in [0.05, 0.1) is 118 Å². The summed E-state index contributed by atoms with van der Waals surface area (Å²) in [7, 11) is 5.74. The number of nitrogens with one attached hydrogen (secondary N) is 2. The first-order valence-electron chi connectivity index (χ1n) is 32.2. The van der Waals surface area contributed by atoms with Crippen LogP contribution in [0.2, 0.25) is 0 Å². The highest BCUT2D eigenvalue weighted by atomic mass is 16.6. The fourth-order valence-electron chi connectivity index (χ4n) is 8.75. The minimum Gasteiger partial charge on any atom is -0.480 e. The molecule has 2 amide bonds. The lowest BCUT2D eigenvalue weighted by Gasteiger charge is -2.27. The van der Waals surface area contributed by atoms with Crippen LogP contribution in [0.15, 0.2) is 60.7 Å². The van der Waals surface area contributed by atoms with E-state index in [-0.39, 0.29) is 182 Å². The molecule has 0 aliphatic carbocycles. The average molecular weight is 1490 g/mol. The lowest BCUT2D eigenvalue weighted by Crippen LogP contribution is -2.46. The molecule has 0 atom stereocenters. The van der Waals surface area contributed by atoms with Crippen LogP contribution < -0.4 is 10.6 Å². The third kappa shape index (κ3) is 56.1. The van der Waals surface area contributed by atoms with E-state index >= 15 is 0 Å². The summed E-state index contributed by atoms with van der Waals surface area (Å²) >= 11 is 0. The highest BCUT2D eigenvalue weighted by molar-refractivity contribution is 5.80. The van der Waals surface area contributed by atoms with E-state index < -0.39 is 111 Å². The Balaban J connectivity index is 0.00000153. The number of hydrogen-bond donors (Lipinski definition) is 10. The van der Waals surface area contributed by atoms with Crippen LogP contribution in [-0.4, -0.2) is 402 Å². The molecule has 2 aromatic carbocycles. The Morgan fingerprint density at radius 2 is 0.442 bits per heavy atom. The summed E-state index contributed by atoms with van der Waals surface area (Å²) in [5.74, 6) is -12.6. The van der Waals surface area contributed by atoms with Crippen LogP contribution in [0.25, 0.3) is 0 Å². The van der Waals surface area contributed by atoms with Crippen molar-refractivity contribution >= 4 is 83.4 Å². The average Bonchev–Trinajstić information content (AvgIpc) is 0.936. The number of carboxylic acid groups (broad SMARTS) is 8. The minimum absolute atomic E-state index is 0.00863.